The first-order valence-electron chi connectivity index (χ1n) is 12.8. The van der Waals surface area contributed by atoms with Gasteiger partial charge in [-0.05, 0) is 86.7 Å². The van der Waals surface area contributed by atoms with Crippen LogP contribution < -0.4 is 9.47 Å². The van der Waals surface area contributed by atoms with E-state index in [1.54, 1.807) is 14.2 Å². The van der Waals surface area contributed by atoms with Gasteiger partial charge in [0.15, 0.2) is 19.8 Å². The van der Waals surface area contributed by atoms with E-state index in [1.165, 1.54) is 5.56 Å². The van der Waals surface area contributed by atoms with E-state index in [9.17, 15) is 15.0 Å². The Balaban J connectivity index is 2.10. The summed E-state index contributed by atoms with van der Waals surface area (Å²) in [6, 6.07) is 6.05. The van der Waals surface area contributed by atoms with Crippen LogP contribution in [0.15, 0.2) is 30.4 Å². The SMILES string of the molecule is COc1ccc(CCCC(/C=C/C2CCCC(O)(CC(=O)O)C2)O[Si](C)(C)C(C)(C)C)cc1OC. The molecule has 1 aromatic rings. The van der Waals surface area contributed by atoms with E-state index in [1.807, 2.05) is 12.1 Å². The van der Waals surface area contributed by atoms with Gasteiger partial charge in [0.05, 0.1) is 32.3 Å². The van der Waals surface area contributed by atoms with Gasteiger partial charge in [-0.1, -0.05) is 39.0 Å². The van der Waals surface area contributed by atoms with Crippen LogP contribution in [0.25, 0.3) is 0 Å². The molecule has 1 fully saturated rings. The van der Waals surface area contributed by atoms with Gasteiger partial charge < -0.3 is 24.1 Å². The largest absolute Gasteiger partial charge is 0.493 e. The minimum absolute atomic E-state index is 0.00877. The van der Waals surface area contributed by atoms with E-state index in [0.29, 0.717) is 12.8 Å². The zero-order chi connectivity index (χ0) is 26.3. The first-order valence-corrected chi connectivity index (χ1v) is 15.7. The van der Waals surface area contributed by atoms with Crippen molar-refractivity contribution in [1.82, 2.24) is 0 Å². The molecule has 35 heavy (non-hydrogen) atoms. The van der Waals surface area contributed by atoms with Crippen LogP contribution in [0, 0.1) is 5.92 Å². The molecule has 1 aliphatic rings. The molecular formula is C28H46O6Si. The van der Waals surface area contributed by atoms with Gasteiger partial charge in [-0.15, -0.1) is 0 Å². The Labute approximate surface area is 212 Å². The van der Waals surface area contributed by atoms with Gasteiger partial charge in [-0.3, -0.25) is 4.79 Å². The van der Waals surface area contributed by atoms with Crippen molar-refractivity contribution in [2.75, 3.05) is 14.2 Å². The minimum Gasteiger partial charge on any atom is -0.493 e. The molecular weight excluding hydrogens is 460 g/mol. The summed E-state index contributed by atoms with van der Waals surface area (Å²) >= 11 is 0. The predicted octanol–water partition coefficient (Wildman–Crippen LogP) is 6.37. The monoisotopic (exact) mass is 506 g/mol. The molecule has 0 aliphatic heterocycles. The number of hydrogen-bond donors (Lipinski definition) is 2. The molecule has 0 saturated heterocycles. The summed E-state index contributed by atoms with van der Waals surface area (Å²) < 4.78 is 17.6. The fourth-order valence-electron chi connectivity index (χ4n) is 4.57. The van der Waals surface area contributed by atoms with E-state index in [-0.39, 0.29) is 23.5 Å². The maximum Gasteiger partial charge on any atom is 0.306 e. The van der Waals surface area contributed by atoms with Crippen LogP contribution in [0.5, 0.6) is 11.5 Å². The summed E-state index contributed by atoms with van der Waals surface area (Å²) in [6.07, 6.45) is 9.77. The van der Waals surface area contributed by atoms with Crippen LogP contribution >= 0.6 is 0 Å². The van der Waals surface area contributed by atoms with Crippen molar-refractivity contribution in [1.29, 1.82) is 0 Å². The van der Waals surface area contributed by atoms with Crippen molar-refractivity contribution in [2.24, 2.45) is 5.92 Å². The van der Waals surface area contributed by atoms with Gasteiger partial charge in [-0.2, -0.15) is 0 Å². The zero-order valence-corrected chi connectivity index (χ0v) is 23.7. The molecule has 6 nitrogen and oxygen atoms in total. The first-order chi connectivity index (χ1) is 16.3. The Bertz CT molecular complexity index is 859. The second-order valence-electron chi connectivity index (χ2n) is 11.5. The van der Waals surface area contributed by atoms with Gasteiger partial charge >= 0.3 is 5.97 Å². The smallest absolute Gasteiger partial charge is 0.306 e. The Hall–Kier alpha value is -1.83. The number of benzene rings is 1. The number of carboxylic acids is 1. The number of carbonyl (C=O) groups is 1. The lowest BCUT2D eigenvalue weighted by Crippen LogP contribution is -2.43. The third-order valence-electron chi connectivity index (χ3n) is 7.59. The average molecular weight is 507 g/mol. The normalized spacial score (nSPS) is 22.2. The molecule has 0 bridgehead atoms. The lowest BCUT2D eigenvalue weighted by atomic mass is 9.76. The van der Waals surface area contributed by atoms with Crippen molar-refractivity contribution < 1.29 is 28.9 Å². The highest BCUT2D eigenvalue weighted by molar-refractivity contribution is 6.74. The van der Waals surface area contributed by atoms with Crippen LogP contribution in [-0.4, -0.2) is 50.4 Å². The fourth-order valence-corrected chi connectivity index (χ4v) is 5.87. The number of carboxylic acid groups (broad SMARTS) is 1. The topological polar surface area (TPSA) is 85.2 Å². The maximum absolute atomic E-state index is 11.2. The van der Waals surface area contributed by atoms with E-state index in [2.05, 4.69) is 52.1 Å². The molecule has 0 amide bonds. The standard InChI is InChI=1S/C28H46O6Si/c1-27(2,3)35(6,7)34-23(12-8-10-21-14-16-24(32-4)25(18-21)33-5)15-13-22-11-9-17-28(31,19-22)20-26(29)30/h13-16,18,22-23,31H,8-12,17,19-20H2,1-7H3,(H,29,30)/b15-13+. The van der Waals surface area contributed by atoms with Crippen molar-refractivity contribution in [3.8, 4) is 11.5 Å². The van der Waals surface area contributed by atoms with Crippen molar-refractivity contribution in [2.45, 2.75) is 102 Å². The number of aryl methyl sites for hydroxylation is 1. The van der Waals surface area contributed by atoms with Crippen LogP contribution in [0.1, 0.15) is 71.3 Å². The molecule has 0 aromatic heterocycles. The lowest BCUT2D eigenvalue weighted by molar-refractivity contribution is -0.144. The average Bonchev–Trinajstić information content (AvgIpc) is 2.75. The molecule has 2 rings (SSSR count). The molecule has 1 aromatic carbocycles. The van der Waals surface area contributed by atoms with E-state index in [0.717, 1.165) is 43.6 Å². The van der Waals surface area contributed by atoms with Gasteiger partial charge in [0.2, 0.25) is 0 Å². The summed E-state index contributed by atoms with van der Waals surface area (Å²) in [6.45, 7) is 11.3. The number of allylic oxidation sites excluding steroid dienone is 1. The molecule has 3 unspecified atom stereocenters. The Kier molecular flexibility index (Phi) is 10.4. The van der Waals surface area contributed by atoms with Crippen LogP contribution in [-0.2, 0) is 15.6 Å². The van der Waals surface area contributed by atoms with Crippen molar-refractivity contribution in [3.63, 3.8) is 0 Å². The molecule has 0 radical (unpaired) electrons. The maximum atomic E-state index is 11.2. The third kappa shape index (κ3) is 8.96. The van der Waals surface area contributed by atoms with Crippen molar-refractivity contribution >= 4 is 14.3 Å². The molecule has 1 saturated carbocycles. The number of aliphatic hydroxyl groups is 1. The van der Waals surface area contributed by atoms with Gasteiger partial charge in [0.25, 0.3) is 0 Å². The molecule has 7 heteroatoms. The fraction of sp³-hybridized carbons (Fsp3) is 0.679. The van der Waals surface area contributed by atoms with E-state index >= 15 is 0 Å². The van der Waals surface area contributed by atoms with Crippen LogP contribution in [0.4, 0.5) is 0 Å². The quantitative estimate of drug-likeness (QED) is 0.253. The number of methoxy groups -OCH3 is 2. The van der Waals surface area contributed by atoms with Gasteiger partial charge in [-0.25, -0.2) is 0 Å². The lowest BCUT2D eigenvalue weighted by Gasteiger charge is -2.39. The second-order valence-corrected chi connectivity index (χ2v) is 16.3. The zero-order valence-electron chi connectivity index (χ0n) is 22.7. The Morgan fingerprint density at radius 2 is 1.91 bits per heavy atom. The number of hydrogen-bond acceptors (Lipinski definition) is 5. The number of aliphatic carboxylic acids is 1. The minimum atomic E-state index is -1.98. The highest BCUT2D eigenvalue weighted by Gasteiger charge is 2.39. The van der Waals surface area contributed by atoms with E-state index in [4.69, 9.17) is 13.9 Å². The predicted molar refractivity (Wildman–Crippen MR) is 143 cm³/mol. The third-order valence-corrected chi connectivity index (χ3v) is 12.1. The summed E-state index contributed by atoms with van der Waals surface area (Å²) in [5, 5.41) is 20.1. The van der Waals surface area contributed by atoms with E-state index < -0.39 is 19.9 Å². The van der Waals surface area contributed by atoms with Crippen LogP contribution in [0.3, 0.4) is 0 Å². The molecule has 198 valence electrons. The molecule has 1 aliphatic carbocycles. The summed E-state index contributed by atoms with van der Waals surface area (Å²) in [5.74, 6) is 0.703. The molecule has 0 spiro atoms. The van der Waals surface area contributed by atoms with Gasteiger partial charge in [0, 0.05) is 0 Å². The highest BCUT2D eigenvalue weighted by Crippen LogP contribution is 2.39. The molecule has 3 atom stereocenters. The summed E-state index contributed by atoms with van der Waals surface area (Å²) in [4.78, 5) is 11.2. The number of ether oxygens (including phenoxy) is 2. The number of rotatable bonds is 12. The first kappa shape index (κ1) is 29.4. The second kappa shape index (κ2) is 12.4. The summed E-state index contributed by atoms with van der Waals surface area (Å²) in [5.41, 5.74) is 0.0891. The Morgan fingerprint density at radius 3 is 2.51 bits per heavy atom. The van der Waals surface area contributed by atoms with Gasteiger partial charge in [0.1, 0.15) is 0 Å². The van der Waals surface area contributed by atoms with Crippen LogP contribution in [0.2, 0.25) is 18.1 Å². The summed E-state index contributed by atoms with van der Waals surface area (Å²) in [7, 11) is 1.32. The highest BCUT2D eigenvalue weighted by atomic mass is 28.4. The molecule has 2 N–H and O–H groups in total. The molecule has 0 heterocycles. The van der Waals surface area contributed by atoms with Crippen molar-refractivity contribution in [3.05, 3.63) is 35.9 Å². The Morgan fingerprint density at radius 1 is 1.23 bits per heavy atom.